The topological polar surface area (TPSA) is 71.9 Å². The predicted octanol–water partition coefficient (Wildman–Crippen LogP) is 2.23. The molecule has 0 aliphatic rings. The summed E-state index contributed by atoms with van der Waals surface area (Å²) in [4.78, 5) is 3.98. The average Bonchev–Trinajstić information content (AvgIpc) is 2.32. The highest BCUT2D eigenvalue weighted by Crippen LogP contribution is 2.29. The predicted molar refractivity (Wildman–Crippen MR) is 62.0 cm³/mol. The molecule has 4 nitrogen and oxygen atoms in total. The van der Waals surface area contributed by atoms with Crippen LogP contribution in [0.15, 0.2) is 18.3 Å². The van der Waals surface area contributed by atoms with Gasteiger partial charge in [-0.1, -0.05) is 0 Å². The molecule has 1 heterocycles. The molecule has 2 aromatic rings. The fourth-order valence-corrected chi connectivity index (χ4v) is 1.57. The second kappa shape index (κ2) is 4.26. The molecule has 0 saturated heterocycles. The van der Waals surface area contributed by atoms with Crippen molar-refractivity contribution in [2.45, 2.75) is 6.92 Å². The molecule has 86 valence electrons. The highest BCUT2D eigenvalue weighted by Gasteiger charge is 2.11. The minimum absolute atomic E-state index is 0.114. The van der Waals surface area contributed by atoms with E-state index in [1.54, 1.807) is 6.92 Å². The minimum atomic E-state index is -0.490. The number of pyridine rings is 1. The van der Waals surface area contributed by atoms with Crippen molar-refractivity contribution in [3.63, 3.8) is 0 Å². The quantitative estimate of drug-likeness (QED) is 0.860. The van der Waals surface area contributed by atoms with Crippen molar-refractivity contribution in [2.24, 2.45) is 0 Å². The van der Waals surface area contributed by atoms with Crippen LogP contribution < -0.4 is 10.5 Å². The minimum Gasteiger partial charge on any atom is -0.491 e. The lowest BCUT2D eigenvalue weighted by atomic mass is 10.1. The van der Waals surface area contributed by atoms with Gasteiger partial charge in [-0.05, 0) is 13.0 Å². The van der Waals surface area contributed by atoms with Gasteiger partial charge in [0.15, 0.2) is 11.6 Å². The van der Waals surface area contributed by atoms with Crippen molar-refractivity contribution >= 4 is 16.6 Å². The van der Waals surface area contributed by atoms with Crippen LogP contribution in [0.4, 0.5) is 10.1 Å². The zero-order valence-electron chi connectivity index (χ0n) is 9.20. The summed E-state index contributed by atoms with van der Waals surface area (Å²) >= 11 is 0. The van der Waals surface area contributed by atoms with Gasteiger partial charge in [-0.3, -0.25) is 4.98 Å². The lowest BCUT2D eigenvalue weighted by molar-refractivity contribution is 0.322. The number of hydrogen-bond donors (Lipinski definition) is 1. The third-order valence-electron chi connectivity index (χ3n) is 2.38. The van der Waals surface area contributed by atoms with Gasteiger partial charge in [0, 0.05) is 17.6 Å². The van der Waals surface area contributed by atoms with Crippen molar-refractivity contribution in [1.29, 1.82) is 5.26 Å². The molecule has 0 amide bonds. The number of aromatic nitrogens is 1. The number of benzene rings is 1. The van der Waals surface area contributed by atoms with E-state index in [1.807, 2.05) is 6.07 Å². The first-order valence-corrected chi connectivity index (χ1v) is 5.08. The Morgan fingerprint density at radius 2 is 2.29 bits per heavy atom. The lowest BCUT2D eigenvalue weighted by Crippen LogP contribution is -1.98. The van der Waals surface area contributed by atoms with Crippen LogP contribution in [0.3, 0.4) is 0 Å². The maximum absolute atomic E-state index is 13.5. The van der Waals surface area contributed by atoms with Gasteiger partial charge in [-0.2, -0.15) is 5.26 Å². The Kier molecular flexibility index (Phi) is 2.79. The first-order chi connectivity index (χ1) is 8.17. The summed E-state index contributed by atoms with van der Waals surface area (Å²) in [5.41, 5.74) is 6.77. The molecule has 17 heavy (non-hydrogen) atoms. The highest BCUT2D eigenvalue weighted by molar-refractivity contribution is 5.93. The molecule has 2 rings (SSSR count). The van der Waals surface area contributed by atoms with Gasteiger partial charge in [-0.25, -0.2) is 4.39 Å². The molecule has 0 aliphatic carbocycles. The molecule has 0 bridgehead atoms. The molecular formula is C12H10FN3O. The summed E-state index contributed by atoms with van der Waals surface area (Å²) in [6.07, 6.45) is 1.33. The SMILES string of the molecule is CCOc1cc2c(N)c(C#N)cnc2cc1F. The molecule has 0 spiro atoms. The van der Waals surface area contributed by atoms with Gasteiger partial charge in [0.25, 0.3) is 0 Å². The van der Waals surface area contributed by atoms with Gasteiger partial charge in [-0.15, -0.1) is 0 Å². The first kappa shape index (κ1) is 11.1. The van der Waals surface area contributed by atoms with Crippen LogP contribution in [0.5, 0.6) is 5.75 Å². The Bertz CT molecular complexity index is 619. The van der Waals surface area contributed by atoms with Crippen LogP contribution in [0, 0.1) is 17.1 Å². The largest absolute Gasteiger partial charge is 0.491 e. The van der Waals surface area contributed by atoms with Crippen molar-refractivity contribution in [3.05, 3.63) is 29.7 Å². The molecule has 0 aliphatic heterocycles. The zero-order valence-corrected chi connectivity index (χ0v) is 9.20. The van der Waals surface area contributed by atoms with Crippen LogP contribution in [-0.4, -0.2) is 11.6 Å². The van der Waals surface area contributed by atoms with E-state index in [4.69, 9.17) is 15.7 Å². The number of fused-ring (bicyclic) bond motifs is 1. The standard InChI is InChI=1S/C12H10FN3O/c1-2-17-11-3-8-10(4-9(11)13)16-6-7(5-14)12(8)15/h3-4,6H,2H2,1H3,(H2,15,16). The van der Waals surface area contributed by atoms with Gasteiger partial charge < -0.3 is 10.5 Å². The molecule has 0 saturated carbocycles. The fraction of sp³-hybridized carbons (Fsp3) is 0.167. The number of nitrogens with two attached hydrogens (primary N) is 1. The molecule has 1 aromatic carbocycles. The molecule has 0 unspecified atom stereocenters. The Morgan fingerprint density at radius 3 is 2.94 bits per heavy atom. The van der Waals surface area contributed by atoms with Gasteiger partial charge >= 0.3 is 0 Å². The average molecular weight is 231 g/mol. The van der Waals surface area contributed by atoms with E-state index in [0.29, 0.717) is 23.2 Å². The zero-order chi connectivity index (χ0) is 12.4. The second-order valence-electron chi connectivity index (χ2n) is 3.43. The van der Waals surface area contributed by atoms with Crippen LogP contribution in [0.25, 0.3) is 10.9 Å². The number of rotatable bonds is 2. The second-order valence-corrected chi connectivity index (χ2v) is 3.43. The molecule has 0 radical (unpaired) electrons. The Balaban J connectivity index is 2.73. The van der Waals surface area contributed by atoms with E-state index in [1.165, 1.54) is 18.3 Å². The van der Waals surface area contributed by atoms with Crippen molar-refractivity contribution in [1.82, 2.24) is 4.98 Å². The Hall–Kier alpha value is -2.35. The number of hydrogen-bond acceptors (Lipinski definition) is 4. The number of halogens is 1. The van der Waals surface area contributed by atoms with Crippen molar-refractivity contribution < 1.29 is 9.13 Å². The molecular weight excluding hydrogens is 221 g/mol. The van der Waals surface area contributed by atoms with Crippen molar-refractivity contribution in [2.75, 3.05) is 12.3 Å². The smallest absolute Gasteiger partial charge is 0.167 e. The van der Waals surface area contributed by atoms with E-state index in [9.17, 15) is 4.39 Å². The Morgan fingerprint density at radius 1 is 1.53 bits per heavy atom. The summed E-state index contributed by atoms with van der Waals surface area (Å²) in [6, 6.07) is 4.65. The number of nitrogen functional groups attached to an aromatic ring is 1. The van der Waals surface area contributed by atoms with E-state index >= 15 is 0 Å². The molecule has 1 aromatic heterocycles. The lowest BCUT2D eigenvalue weighted by Gasteiger charge is -2.08. The fourth-order valence-electron chi connectivity index (χ4n) is 1.57. The van der Waals surface area contributed by atoms with E-state index < -0.39 is 5.82 Å². The van der Waals surface area contributed by atoms with Crippen LogP contribution in [-0.2, 0) is 0 Å². The molecule has 0 fully saturated rings. The first-order valence-electron chi connectivity index (χ1n) is 5.08. The van der Waals surface area contributed by atoms with Gasteiger partial charge in [0.05, 0.1) is 23.4 Å². The molecule has 0 atom stereocenters. The molecule has 5 heteroatoms. The third kappa shape index (κ3) is 1.85. The number of nitrogens with zero attached hydrogens (tertiary/aromatic N) is 2. The Labute approximate surface area is 97.4 Å². The maximum Gasteiger partial charge on any atom is 0.167 e. The number of nitriles is 1. The summed E-state index contributed by atoms with van der Waals surface area (Å²) in [7, 11) is 0. The van der Waals surface area contributed by atoms with E-state index in [2.05, 4.69) is 4.98 Å². The van der Waals surface area contributed by atoms with Crippen LogP contribution >= 0.6 is 0 Å². The highest BCUT2D eigenvalue weighted by atomic mass is 19.1. The monoisotopic (exact) mass is 231 g/mol. The summed E-state index contributed by atoms with van der Waals surface area (Å²) in [5, 5.41) is 9.35. The normalized spacial score (nSPS) is 10.2. The third-order valence-corrected chi connectivity index (χ3v) is 2.38. The molecule has 2 N–H and O–H groups in total. The summed E-state index contributed by atoms with van der Waals surface area (Å²) in [6.45, 7) is 2.12. The van der Waals surface area contributed by atoms with Gasteiger partial charge in [0.1, 0.15) is 6.07 Å². The van der Waals surface area contributed by atoms with Crippen LogP contribution in [0.1, 0.15) is 12.5 Å². The number of ether oxygens (including phenoxy) is 1. The van der Waals surface area contributed by atoms with E-state index in [-0.39, 0.29) is 11.3 Å². The summed E-state index contributed by atoms with van der Waals surface area (Å²) in [5.74, 6) is -0.375. The number of anilines is 1. The van der Waals surface area contributed by atoms with Gasteiger partial charge in [0.2, 0.25) is 0 Å². The summed E-state index contributed by atoms with van der Waals surface area (Å²) < 4.78 is 18.7. The van der Waals surface area contributed by atoms with Crippen molar-refractivity contribution in [3.8, 4) is 11.8 Å². The van der Waals surface area contributed by atoms with E-state index in [0.717, 1.165) is 0 Å². The van der Waals surface area contributed by atoms with Crippen LogP contribution in [0.2, 0.25) is 0 Å². The maximum atomic E-state index is 13.5.